The Labute approximate surface area is 261 Å². The summed E-state index contributed by atoms with van der Waals surface area (Å²) in [6.45, 7) is 13.8. The second-order valence-electron chi connectivity index (χ2n) is 12.3. The maximum atomic E-state index is 12.7. The molecule has 7 nitrogen and oxygen atoms in total. The van der Waals surface area contributed by atoms with Crippen molar-refractivity contribution in [2.75, 3.05) is 23.0 Å². The van der Waals surface area contributed by atoms with Crippen molar-refractivity contribution in [3.63, 3.8) is 0 Å². The predicted octanol–water partition coefficient (Wildman–Crippen LogP) is 8.37. The van der Waals surface area contributed by atoms with Gasteiger partial charge in [-0.3, -0.25) is 9.59 Å². The summed E-state index contributed by atoms with van der Waals surface area (Å²) in [5, 5.41) is 15.6. The fraction of sp³-hybridized carbons (Fsp3) is 0.429. The maximum absolute atomic E-state index is 12.7. The number of anilines is 3. The number of nitrogens with one attached hydrogen (secondary N) is 2. The van der Waals surface area contributed by atoms with Crippen LogP contribution in [-0.4, -0.2) is 23.5 Å². The summed E-state index contributed by atoms with van der Waals surface area (Å²) < 4.78 is 6.21. The number of phenolic OH excluding ortho intramolecular Hbond substituents is 1. The highest BCUT2D eigenvalue weighted by atomic mass is 35.5. The second kappa shape index (κ2) is 14.6. The molecule has 3 aromatic carbocycles. The largest absolute Gasteiger partial charge is 0.508 e. The number of aromatic hydroxyl groups is 1. The number of benzene rings is 3. The topological polar surface area (TPSA) is 114 Å². The Balaban J connectivity index is 1.54. The summed E-state index contributed by atoms with van der Waals surface area (Å²) >= 11 is 6.30. The van der Waals surface area contributed by atoms with Crippen LogP contribution in [0, 0.1) is 0 Å². The summed E-state index contributed by atoms with van der Waals surface area (Å²) in [7, 11) is 0. The number of carbonyl (C=O) groups is 2. The van der Waals surface area contributed by atoms with Gasteiger partial charge < -0.3 is 26.2 Å². The van der Waals surface area contributed by atoms with Crippen molar-refractivity contribution in [1.29, 1.82) is 0 Å². The lowest BCUT2D eigenvalue weighted by molar-refractivity contribution is -0.117. The molecule has 0 saturated heterocycles. The van der Waals surface area contributed by atoms with Crippen molar-refractivity contribution in [3.8, 4) is 11.5 Å². The Hall–Kier alpha value is -3.71. The van der Waals surface area contributed by atoms with Crippen LogP contribution in [0.3, 0.4) is 0 Å². The number of halogens is 1. The number of nitrogens with two attached hydrogens (primary N) is 1. The molecular weight excluding hydrogens is 562 g/mol. The van der Waals surface area contributed by atoms with Crippen LogP contribution in [0.4, 0.5) is 17.1 Å². The molecule has 0 aliphatic rings. The Morgan fingerprint density at radius 1 is 0.884 bits per heavy atom. The van der Waals surface area contributed by atoms with E-state index in [0.717, 1.165) is 24.2 Å². The molecule has 3 rings (SSSR count). The van der Waals surface area contributed by atoms with Gasteiger partial charge >= 0.3 is 0 Å². The summed E-state index contributed by atoms with van der Waals surface area (Å²) in [6.07, 6.45) is 3.46. The zero-order chi connectivity index (χ0) is 31.8. The number of hydrogen-bond acceptors (Lipinski definition) is 5. The van der Waals surface area contributed by atoms with E-state index in [2.05, 4.69) is 70.4 Å². The molecule has 0 unspecified atom stereocenters. The average Bonchev–Trinajstić information content (AvgIpc) is 2.96. The molecule has 232 valence electrons. The molecule has 0 spiro atoms. The fourth-order valence-corrected chi connectivity index (χ4v) is 4.77. The van der Waals surface area contributed by atoms with Crippen molar-refractivity contribution in [2.45, 2.75) is 90.9 Å². The van der Waals surface area contributed by atoms with Crippen LogP contribution in [0.15, 0.2) is 54.6 Å². The van der Waals surface area contributed by atoms with E-state index in [1.807, 2.05) is 0 Å². The van der Waals surface area contributed by atoms with Crippen LogP contribution in [0.25, 0.3) is 0 Å². The first kappa shape index (κ1) is 33.8. The van der Waals surface area contributed by atoms with Crippen molar-refractivity contribution in [1.82, 2.24) is 0 Å². The van der Waals surface area contributed by atoms with E-state index in [4.69, 9.17) is 22.1 Å². The zero-order valence-electron chi connectivity index (χ0n) is 26.3. The third-order valence-corrected chi connectivity index (χ3v) is 8.67. The van der Waals surface area contributed by atoms with E-state index in [-0.39, 0.29) is 41.2 Å². The SMILES string of the molecule is CCC(C)(C)c1ccc(OCCCC(=O)Nc2ccc(Cl)c(NC(=O)CCc3ccc(O)cc3N)c2)c(C(C)(C)CC)c1. The summed E-state index contributed by atoms with van der Waals surface area (Å²) in [4.78, 5) is 25.3. The lowest BCUT2D eigenvalue weighted by atomic mass is 9.76. The van der Waals surface area contributed by atoms with Gasteiger partial charge in [0, 0.05) is 35.8 Å². The Kier molecular flexibility index (Phi) is 11.5. The predicted molar refractivity (Wildman–Crippen MR) is 177 cm³/mol. The van der Waals surface area contributed by atoms with E-state index in [0.29, 0.717) is 41.5 Å². The fourth-order valence-electron chi connectivity index (χ4n) is 4.61. The van der Waals surface area contributed by atoms with Crippen LogP contribution in [0.5, 0.6) is 11.5 Å². The molecule has 2 amide bonds. The number of phenols is 1. The van der Waals surface area contributed by atoms with E-state index in [1.54, 1.807) is 24.3 Å². The third kappa shape index (κ3) is 9.39. The van der Waals surface area contributed by atoms with Gasteiger partial charge in [-0.15, -0.1) is 0 Å². The van der Waals surface area contributed by atoms with Gasteiger partial charge in [-0.1, -0.05) is 71.3 Å². The molecule has 0 fully saturated rings. The average molecular weight is 608 g/mol. The Morgan fingerprint density at radius 2 is 1.58 bits per heavy atom. The van der Waals surface area contributed by atoms with E-state index in [9.17, 15) is 14.7 Å². The maximum Gasteiger partial charge on any atom is 0.224 e. The lowest BCUT2D eigenvalue weighted by Gasteiger charge is -2.30. The van der Waals surface area contributed by atoms with Gasteiger partial charge in [-0.2, -0.15) is 0 Å². The van der Waals surface area contributed by atoms with Crippen molar-refractivity contribution >= 4 is 40.5 Å². The Morgan fingerprint density at radius 3 is 2.26 bits per heavy atom. The van der Waals surface area contributed by atoms with Gasteiger partial charge in [0.05, 0.1) is 17.3 Å². The van der Waals surface area contributed by atoms with Gasteiger partial charge in [0.2, 0.25) is 11.8 Å². The van der Waals surface area contributed by atoms with Crippen molar-refractivity contribution < 1.29 is 19.4 Å². The third-order valence-electron chi connectivity index (χ3n) is 8.34. The number of hydrogen-bond donors (Lipinski definition) is 4. The molecule has 8 heteroatoms. The first-order chi connectivity index (χ1) is 20.3. The van der Waals surface area contributed by atoms with E-state index >= 15 is 0 Å². The second-order valence-corrected chi connectivity index (χ2v) is 12.7. The number of nitrogen functional groups attached to an aromatic ring is 1. The van der Waals surface area contributed by atoms with Gasteiger partial charge in [0.25, 0.3) is 0 Å². The van der Waals surface area contributed by atoms with Gasteiger partial charge in [-0.05, 0) is 78.0 Å². The van der Waals surface area contributed by atoms with Gasteiger partial charge in [-0.25, -0.2) is 0 Å². The molecule has 0 bridgehead atoms. The lowest BCUT2D eigenvalue weighted by Crippen LogP contribution is -2.21. The van der Waals surface area contributed by atoms with E-state index in [1.165, 1.54) is 23.3 Å². The normalized spacial score (nSPS) is 11.7. The van der Waals surface area contributed by atoms with Crippen LogP contribution in [-0.2, 0) is 26.8 Å². The minimum atomic E-state index is -0.244. The minimum absolute atomic E-state index is 0.0346. The molecule has 43 heavy (non-hydrogen) atoms. The number of aryl methyl sites for hydroxylation is 1. The monoisotopic (exact) mass is 607 g/mol. The van der Waals surface area contributed by atoms with Crippen molar-refractivity contribution in [2.24, 2.45) is 0 Å². The molecule has 0 radical (unpaired) electrons. The van der Waals surface area contributed by atoms with Crippen LogP contribution < -0.4 is 21.1 Å². The molecule has 0 heterocycles. The molecule has 0 atom stereocenters. The summed E-state index contributed by atoms with van der Waals surface area (Å²) in [5.74, 6) is 0.552. The van der Waals surface area contributed by atoms with E-state index < -0.39 is 0 Å². The number of ether oxygens (including phenoxy) is 1. The zero-order valence-corrected chi connectivity index (χ0v) is 27.0. The molecular formula is C35H46ClN3O4. The number of carbonyl (C=O) groups excluding carboxylic acids is 2. The van der Waals surface area contributed by atoms with Crippen LogP contribution in [0.1, 0.15) is 90.3 Å². The molecule has 0 aliphatic heterocycles. The first-order valence-corrected chi connectivity index (χ1v) is 15.4. The summed E-state index contributed by atoms with van der Waals surface area (Å²) in [6, 6.07) is 16.2. The molecule has 0 aliphatic carbocycles. The highest BCUT2D eigenvalue weighted by Gasteiger charge is 2.26. The van der Waals surface area contributed by atoms with Gasteiger partial charge in [0.15, 0.2) is 0 Å². The quantitative estimate of drug-likeness (QED) is 0.109. The molecule has 5 N–H and O–H groups in total. The molecule has 0 aromatic heterocycles. The highest BCUT2D eigenvalue weighted by Crippen LogP contribution is 2.38. The van der Waals surface area contributed by atoms with Crippen molar-refractivity contribution in [3.05, 3.63) is 76.3 Å². The number of rotatable bonds is 14. The standard InChI is InChI=1S/C35H46ClN3O4/c1-7-34(3,4)24-13-17-31(27(20-24)35(5,6)8-2)43-19-9-10-32(41)38-25-14-16-28(36)30(21-25)39-33(42)18-12-23-11-15-26(40)22-29(23)37/h11,13-17,20-22,40H,7-10,12,18-19,37H2,1-6H3,(H,38,41)(H,39,42). The molecule has 0 saturated carbocycles. The van der Waals surface area contributed by atoms with Crippen LogP contribution >= 0.6 is 11.6 Å². The Bertz CT molecular complexity index is 1430. The summed E-state index contributed by atoms with van der Waals surface area (Å²) in [5.41, 5.74) is 10.6. The minimum Gasteiger partial charge on any atom is -0.508 e. The number of amides is 2. The highest BCUT2D eigenvalue weighted by molar-refractivity contribution is 6.33. The first-order valence-electron chi connectivity index (χ1n) is 15.0. The smallest absolute Gasteiger partial charge is 0.224 e. The van der Waals surface area contributed by atoms with Crippen LogP contribution in [0.2, 0.25) is 5.02 Å². The van der Waals surface area contributed by atoms with Gasteiger partial charge in [0.1, 0.15) is 11.5 Å². The molecule has 3 aromatic rings.